The van der Waals surface area contributed by atoms with E-state index in [9.17, 15) is 4.79 Å². The van der Waals surface area contributed by atoms with Gasteiger partial charge in [-0.15, -0.1) is 0 Å². The van der Waals surface area contributed by atoms with Gasteiger partial charge in [0.25, 0.3) is 0 Å². The van der Waals surface area contributed by atoms with E-state index in [4.69, 9.17) is 0 Å². The molecule has 0 aliphatic heterocycles. The van der Waals surface area contributed by atoms with E-state index in [2.05, 4.69) is 6.92 Å². The molecule has 0 saturated carbocycles. The quantitative estimate of drug-likeness (QED) is 0.432. The van der Waals surface area contributed by atoms with Crippen LogP contribution >= 0.6 is 0 Å². The Morgan fingerprint density at radius 3 is 2.67 bits per heavy atom. The van der Waals surface area contributed by atoms with E-state index in [1.54, 1.807) is 12.2 Å². The Morgan fingerprint density at radius 2 is 1.83 bits per heavy atom. The highest BCUT2D eigenvalue weighted by Crippen LogP contribution is 2.19. The van der Waals surface area contributed by atoms with Crippen LogP contribution in [0.4, 0.5) is 0 Å². The first-order valence-corrected chi connectivity index (χ1v) is 6.18. The van der Waals surface area contributed by atoms with Gasteiger partial charge in [-0.3, -0.25) is 4.79 Å². The van der Waals surface area contributed by atoms with Crippen LogP contribution in [0.2, 0.25) is 0 Å². The molecule has 0 spiro atoms. The number of carbonyl (C=O) groups excluding carboxylic acids is 1. The molecule has 0 heterocycles. The van der Waals surface area contributed by atoms with Crippen LogP contribution in [0.25, 0.3) is 10.8 Å². The summed E-state index contributed by atoms with van der Waals surface area (Å²) in [5.41, 5.74) is 0.759. The van der Waals surface area contributed by atoms with Gasteiger partial charge in [0.2, 0.25) is 0 Å². The molecule has 0 atom stereocenters. The van der Waals surface area contributed by atoms with E-state index >= 15 is 0 Å². The summed E-state index contributed by atoms with van der Waals surface area (Å²) < 4.78 is 0. The molecule has 0 bridgehead atoms. The Balaban J connectivity index is 2.33. The van der Waals surface area contributed by atoms with Crippen molar-refractivity contribution in [3.8, 4) is 0 Å². The number of allylic oxidation sites excluding steroid dienone is 4. The standard InChI is InChI=1S/C17H16O/c1-2-3-4-5-13-17(18)16-12-8-10-14-9-6-7-11-15(14)16/h3-13H,2H2,1H3/b4-3-,13-5+. The number of hydrogen-bond donors (Lipinski definition) is 0. The highest BCUT2D eigenvalue weighted by atomic mass is 16.1. The van der Waals surface area contributed by atoms with E-state index in [-0.39, 0.29) is 5.78 Å². The van der Waals surface area contributed by atoms with Crippen molar-refractivity contribution in [1.82, 2.24) is 0 Å². The minimum Gasteiger partial charge on any atom is -0.289 e. The predicted octanol–water partition coefficient (Wildman–Crippen LogP) is 4.54. The van der Waals surface area contributed by atoms with Crippen molar-refractivity contribution in [2.24, 2.45) is 0 Å². The first-order valence-electron chi connectivity index (χ1n) is 6.18. The van der Waals surface area contributed by atoms with Gasteiger partial charge in [-0.25, -0.2) is 0 Å². The van der Waals surface area contributed by atoms with E-state index < -0.39 is 0 Å². The fourth-order valence-electron chi connectivity index (χ4n) is 1.89. The van der Waals surface area contributed by atoms with Crippen molar-refractivity contribution in [3.63, 3.8) is 0 Å². The summed E-state index contributed by atoms with van der Waals surface area (Å²) in [5, 5.41) is 2.11. The molecule has 0 aromatic heterocycles. The minimum atomic E-state index is 0.0487. The second-order valence-corrected chi connectivity index (χ2v) is 4.09. The average molecular weight is 236 g/mol. The molecule has 2 aromatic carbocycles. The number of fused-ring (bicyclic) bond motifs is 1. The monoisotopic (exact) mass is 236 g/mol. The lowest BCUT2D eigenvalue weighted by atomic mass is 10.0. The number of ketones is 1. The predicted molar refractivity (Wildman–Crippen MR) is 76.8 cm³/mol. The number of carbonyl (C=O) groups is 1. The summed E-state index contributed by atoms with van der Waals surface area (Å²) in [4.78, 5) is 12.1. The fraction of sp³-hybridized carbons (Fsp3) is 0.118. The zero-order chi connectivity index (χ0) is 12.8. The second-order valence-electron chi connectivity index (χ2n) is 4.09. The molecule has 2 aromatic rings. The third-order valence-electron chi connectivity index (χ3n) is 2.79. The molecule has 0 saturated heterocycles. The Bertz CT molecular complexity index is 601. The number of rotatable bonds is 4. The SMILES string of the molecule is CC/C=C\C=C\C(=O)c1cccc2ccccc12. The van der Waals surface area contributed by atoms with Gasteiger partial charge in [-0.1, -0.05) is 67.6 Å². The van der Waals surface area contributed by atoms with Crippen LogP contribution in [0.15, 0.2) is 66.8 Å². The third-order valence-corrected chi connectivity index (χ3v) is 2.79. The van der Waals surface area contributed by atoms with Crippen molar-refractivity contribution >= 4 is 16.6 Å². The molecular weight excluding hydrogens is 220 g/mol. The number of benzene rings is 2. The van der Waals surface area contributed by atoms with E-state index in [1.165, 1.54) is 0 Å². The smallest absolute Gasteiger partial charge is 0.186 e. The zero-order valence-corrected chi connectivity index (χ0v) is 10.5. The van der Waals surface area contributed by atoms with Crippen LogP contribution in [0.5, 0.6) is 0 Å². The zero-order valence-electron chi connectivity index (χ0n) is 10.5. The van der Waals surface area contributed by atoms with Gasteiger partial charge in [0.15, 0.2) is 5.78 Å². The molecule has 0 N–H and O–H groups in total. The molecule has 0 radical (unpaired) electrons. The maximum atomic E-state index is 12.1. The topological polar surface area (TPSA) is 17.1 Å². The van der Waals surface area contributed by atoms with Crippen LogP contribution in [0, 0.1) is 0 Å². The first kappa shape index (κ1) is 12.3. The second kappa shape index (κ2) is 5.97. The molecule has 18 heavy (non-hydrogen) atoms. The average Bonchev–Trinajstić information content (AvgIpc) is 2.43. The third kappa shape index (κ3) is 2.75. The maximum Gasteiger partial charge on any atom is 0.186 e. The molecule has 0 unspecified atom stereocenters. The molecule has 1 heteroatoms. The highest BCUT2D eigenvalue weighted by molar-refractivity contribution is 6.13. The Hall–Kier alpha value is -2.15. The van der Waals surface area contributed by atoms with Gasteiger partial charge in [-0.2, -0.15) is 0 Å². The summed E-state index contributed by atoms with van der Waals surface area (Å²) in [6, 6.07) is 13.8. The first-order chi connectivity index (χ1) is 8.83. The Morgan fingerprint density at radius 1 is 1.06 bits per heavy atom. The molecule has 90 valence electrons. The van der Waals surface area contributed by atoms with E-state index in [0.29, 0.717) is 0 Å². The van der Waals surface area contributed by atoms with E-state index in [1.807, 2.05) is 54.6 Å². The molecular formula is C17H16O. The number of hydrogen-bond acceptors (Lipinski definition) is 1. The Labute approximate surface area is 107 Å². The summed E-state index contributed by atoms with van der Waals surface area (Å²) in [7, 11) is 0. The van der Waals surface area contributed by atoms with Crippen LogP contribution in [-0.2, 0) is 0 Å². The lowest BCUT2D eigenvalue weighted by molar-refractivity contribution is 0.104. The van der Waals surface area contributed by atoms with Gasteiger partial charge in [0, 0.05) is 5.56 Å². The summed E-state index contributed by atoms with van der Waals surface area (Å²) >= 11 is 0. The molecule has 0 amide bonds. The van der Waals surface area contributed by atoms with Crippen LogP contribution in [-0.4, -0.2) is 5.78 Å². The van der Waals surface area contributed by atoms with E-state index in [0.717, 1.165) is 22.8 Å². The molecule has 0 aliphatic carbocycles. The lowest BCUT2D eigenvalue weighted by Crippen LogP contribution is -1.95. The van der Waals surface area contributed by atoms with Crippen LogP contribution in [0.3, 0.4) is 0 Å². The van der Waals surface area contributed by atoms with Crippen molar-refractivity contribution in [2.45, 2.75) is 13.3 Å². The minimum absolute atomic E-state index is 0.0487. The summed E-state index contributed by atoms with van der Waals surface area (Å²) in [6.07, 6.45) is 8.32. The van der Waals surface area contributed by atoms with Crippen molar-refractivity contribution in [2.75, 3.05) is 0 Å². The van der Waals surface area contributed by atoms with Gasteiger partial charge in [0.1, 0.15) is 0 Å². The molecule has 0 fully saturated rings. The van der Waals surface area contributed by atoms with Crippen LogP contribution in [0.1, 0.15) is 23.7 Å². The van der Waals surface area contributed by atoms with Crippen molar-refractivity contribution < 1.29 is 4.79 Å². The summed E-state index contributed by atoms with van der Waals surface area (Å²) in [5.74, 6) is 0.0487. The molecule has 1 nitrogen and oxygen atoms in total. The molecule has 2 rings (SSSR count). The van der Waals surface area contributed by atoms with Crippen molar-refractivity contribution in [3.05, 3.63) is 72.3 Å². The molecule has 0 aliphatic rings. The fourth-order valence-corrected chi connectivity index (χ4v) is 1.89. The van der Waals surface area contributed by atoms with Gasteiger partial charge in [0.05, 0.1) is 0 Å². The summed E-state index contributed by atoms with van der Waals surface area (Å²) in [6.45, 7) is 2.07. The maximum absolute atomic E-state index is 12.1. The largest absolute Gasteiger partial charge is 0.289 e. The van der Waals surface area contributed by atoms with Gasteiger partial charge in [-0.05, 0) is 23.3 Å². The Kier molecular flexibility index (Phi) is 4.08. The highest BCUT2D eigenvalue weighted by Gasteiger charge is 2.05. The van der Waals surface area contributed by atoms with Crippen molar-refractivity contribution in [1.29, 1.82) is 0 Å². The van der Waals surface area contributed by atoms with Gasteiger partial charge < -0.3 is 0 Å². The lowest BCUT2D eigenvalue weighted by Gasteiger charge is -2.02. The van der Waals surface area contributed by atoms with Crippen LogP contribution < -0.4 is 0 Å². The van der Waals surface area contributed by atoms with Gasteiger partial charge >= 0.3 is 0 Å². The normalized spacial score (nSPS) is 11.6.